The summed E-state index contributed by atoms with van der Waals surface area (Å²) in [6.07, 6.45) is 1.52. The molecule has 2 aromatic rings. The van der Waals surface area contributed by atoms with Crippen LogP contribution >= 0.6 is 11.8 Å². The molecule has 0 N–H and O–H groups in total. The fourth-order valence-electron chi connectivity index (χ4n) is 2.63. The highest BCUT2D eigenvalue weighted by Crippen LogP contribution is 2.41. The minimum atomic E-state index is -0.720. The van der Waals surface area contributed by atoms with Gasteiger partial charge in [-0.2, -0.15) is 0 Å². The summed E-state index contributed by atoms with van der Waals surface area (Å²) in [5.41, 5.74) is 0. The molecule has 0 aromatic carbocycles. The summed E-state index contributed by atoms with van der Waals surface area (Å²) in [4.78, 5) is 37.3. The molecule has 1 aliphatic rings. The van der Waals surface area contributed by atoms with Gasteiger partial charge in [-0.05, 0) is 24.3 Å². The molecule has 0 saturated carbocycles. The molecular weight excluding hydrogens is 362 g/mol. The number of carbonyl (C=O) groups excluding carboxylic acids is 3. The Morgan fingerprint density at radius 1 is 1.31 bits per heavy atom. The van der Waals surface area contributed by atoms with Gasteiger partial charge >= 0.3 is 11.9 Å². The van der Waals surface area contributed by atoms with Gasteiger partial charge < -0.3 is 23.2 Å². The molecule has 26 heavy (non-hydrogen) atoms. The van der Waals surface area contributed by atoms with E-state index in [1.807, 2.05) is 0 Å². The van der Waals surface area contributed by atoms with Crippen molar-refractivity contribution in [1.82, 2.24) is 4.90 Å². The number of ether oxygens (including phenoxy) is 2. The number of furan rings is 2. The monoisotopic (exact) mass is 379 g/mol. The highest BCUT2D eigenvalue weighted by Gasteiger charge is 2.43. The smallest absolute Gasteiger partial charge is 0.373 e. The SMILES string of the molecule is COC(=O)c1ccc(COC(=O)[C@H]2CS[C@H](c3ccco3)N2C(C)=O)o1. The normalized spacial score (nSPS) is 19.4. The molecule has 1 saturated heterocycles. The van der Waals surface area contributed by atoms with E-state index in [9.17, 15) is 14.4 Å². The summed E-state index contributed by atoms with van der Waals surface area (Å²) in [7, 11) is 1.24. The molecule has 2 aromatic heterocycles. The molecule has 0 bridgehead atoms. The van der Waals surface area contributed by atoms with E-state index in [0.29, 0.717) is 17.3 Å². The number of thioether (sulfide) groups is 1. The minimum Gasteiger partial charge on any atom is -0.466 e. The van der Waals surface area contributed by atoms with Gasteiger partial charge in [0.1, 0.15) is 29.5 Å². The van der Waals surface area contributed by atoms with Crippen LogP contribution < -0.4 is 0 Å². The van der Waals surface area contributed by atoms with Crippen molar-refractivity contribution in [1.29, 1.82) is 0 Å². The van der Waals surface area contributed by atoms with E-state index in [1.54, 1.807) is 12.1 Å². The van der Waals surface area contributed by atoms with Gasteiger partial charge in [0.15, 0.2) is 0 Å². The molecule has 0 spiro atoms. The number of rotatable bonds is 5. The molecule has 2 atom stereocenters. The number of hydrogen-bond donors (Lipinski definition) is 0. The summed E-state index contributed by atoms with van der Waals surface area (Å²) in [6.45, 7) is 1.26. The first-order valence-corrected chi connectivity index (χ1v) is 8.83. The lowest BCUT2D eigenvalue weighted by atomic mass is 10.2. The summed E-state index contributed by atoms with van der Waals surface area (Å²) >= 11 is 1.43. The second kappa shape index (κ2) is 7.69. The maximum atomic E-state index is 12.5. The number of hydrogen-bond acceptors (Lipinski definition) is 8. The Bertz CT molecular complexity index is 798. The highest BCUT2D eigenvalue weighted by molar-refractivity contribution is 7.99. The Morgan fingerprint density at radius 3 is 2.77 bits per heavy atom. The number of amides is 1. The number of esters is 2. The third-order valence-electron chi connectivity index (χ3n) is 3.83. The van der Waals surface area contributed by atoms with Crippen molar-refractivity contribution in [2.45, 2.75) is 24.9 Å². The Kier molecular flexibility index (Phi) is 5.36. The topological polar surface area (TPSA) is 99.2 Å². The molecule has 8 nitrogen and oxygen atoms in total. The first-order valence-electron chi connectivity index (χ1n) is 7.79. The average Bonchev–Trinajstić information content (AvgIpc) is 3.38. The molecule has 0 aliphatic carbocycles. The summed E-state index contributed by atoms with van der Waals surface area (Å²) in [5, 5.41) is -0.366. The molecule has 1 fully saturated rings. The lowest BCUT2D eigenvalue weighted by Crippen LogP contribution is -2.42. The third-order valence-corrected chi connectivity index (χ3v) is 5.11. The fourth-order valence-corrected chi connectivity index (χ4v) is 4.04. The number of nitrogens with zero attached hydrogens (tertiary/aromatic N) is 1. The maximum Gasteiger partial charge on any atom is 0.373 e. The standard InChI is InChI=1S/C17H17NO7S/c1-10(19)18-12(9-26-15(18)13-4-3-7-23-13)16(20)24-8-11-5-6-14(25-11)17(21)22-2/h3-7,12,15H,8-9H2,1-2H3/t12-,15-/m1/s1. The second-order valence-electron chi connectivity index (χ2n) is 5.51. The lowest BCUT2D eigenvalue weighted by molar-refractivity contribution is -0.155. The maximum absolute atomic E-state index is 12.5. The Morgan fingerprint density at radius 2 is 2.12 bits per heavy atom. The van der Waals surface area contributed by atoms with Gasteiger partial charge in [0, 0.05) is 12.7 Å². The average molecular weight is 379 g/mol. The molecule has 138 valence electrons. The Hall–Kier alpha value is -2.68. The van der Waals surface area contributed by atoms with Crippen molar-refractivity contribution < 1.29 is 32.7 Å². The van der Waals surface area contributed by atoms with Gasteiger partial charge in [-0.25, -0.2) is 9.59 Å². The van der Waals surface area contributed by atoms with Crippen LogP contribution in [0, 0.1) is 0 Å². The summed E-state index contributed by atoms with van der Waals surface area (Å²) < 4.78 is 20.4. The van der Waals surface area contributed by atoms with Gasteiger partial charge in [-0.3, -0.25) is 4.79 Å². The highest BCUT2D eigenvalue weighted by atomic mass is 32.2. The minimum absolute atomic E-state index is 0.0261. The molecule has 0 unspecified atom stereocenters. The van der Waals surface area contributed by atoms with Crippen molar-refractivity contribution in [2.24, 2.45) is 0 Å². The van der Waals surface area contributed by atoms with Crippen molar-refractivity contribution in [3.63, 3.8) is 0 Å². The van der Waals surface area contributed by atoms with Gasteiger partial charge in [0.05, 0.1) is 13.4 Å². The molecule has 3 heterocycles. The van der Waals surface area contributed by atoms with Crippen LogP contribution in [0.5, 0.6) is 0 Å². The second-order valence-corrected chi connectivity index (χ2v) is 6.62. The van der Waals surface area contributed by atoms with E-state index in [0.717, 1.165) is 0 Å². The van der Waals surface area contributed by atoms with E-state index >= 15 is 0 Å². The van der Waals surface area contributed by atoms with Gasteiger partial charge in [-0.1, -0.05) is 0 Å². The predicted molar refractivity (Wildman–Crippen MR) is 90.1 cm³/mol. The van der Waals surface area contributed by atoms with Crippen molar-refractivity contribution in [3.05, 3.63) is 47.8 Å². The molecular formula is C17H17NO7S. The van der Waals surface area contributed by atoms with E-state index < -0.39 is 18.0 Å². The van der Waals surface area contributed by atoms with Crippen LogP contribution in [0.4, 0.5) is 0 Å². The Balaban J connectivity index is 1.64. The Labute approximate surface area is 153 Å². The molecule has 1 aliphatic heterocycles. The van der Waals surface area contributed by atoms with E-state index in [4.69, 9.17) is 13.6 Å². The quantitative estimate of drug-likeness (QED) is 0.730. The zero-order valence-electron chi connectivity index (χ0n) is 14.2. The number of carbonyl (C=O) groups is 3. The first-order chi connectivity index (χ1) is 12.5. The zero-order valence-corrected chi connectivity index (χ0v) is 15.0. The molecule has 9 heteroatoms. The first kappa shape index (κ1) is 18.1. The van der Waals surface area contributed by atoms with Crippen LogP contribution in [0.15, 0.2) is 39.4 Å². The van der Waals surface area contributed by atoms with Crippen LogP contribution in [-0.2, 0) is 25.7 Å². The van der Waals surface area contributed by atoms with Gasteiger partial charge in [0.25, 0.3) is 0 Å². The molecule has 0 radical (unpaired) electrons. The van der Waals surface area contributed by atoms with Crippen molar-refractivity contribution in [3.8, 4) is 0 Å². The molecule has 1 amide bonds. The van der Waals surface area contributed by atoms with Crippen LogP contribution in [0.2, 0.25) is 0 Å². The van der Waals surface area contributed by atoms with Gasteiger partial charge in [0.2, 0.25) is 11.7 Å². The van der Waals surface area contributed by atoms with Crippen LogP contribution in [0.3, 0.4) is 0 Å². The largest absolute Gasteiger partial charge is 0.466 e. The fraction of sp³-hybridized carbons (Fsp3) is 0.353. The third kappa shape index (κ3) is 3.62. The zero-order chi connectivity index (χ0) is 18.7. The van der Waals surface area contributed by atoms with Crippen molar-refractivity contribution >= 4 is 29.6 Å². The van der Waals surface area contributed by atoms with Crippen LogP contribution in [0.1, 0.15) is 34.4 Å². The summed E-state index contributed by atoms with van der Waals surface area (Å²) in [5.74, 6) is -0.0650. The lowest BCUT2D eigenvalue weighted by Gasteiger charge is -2.25. The van der Waals surface area contributed by atoms with E-state index in [1.165, 1.54) is 49.1 Å². The summed E-state index contributed by atoms with van der Waals surface area (Å²) in [6, 6.07) is 5.74. The van der Waals surface area contributed by atoms with Gasteiger partial charge in [-0.15, -0.1) is 11.8 Å². The number of methoxy groups -OCH3 is 1. The van der Waals surface area contributed by atoms with Crippen LogP contribution in [0.25, 0.3) is 0 Å². The van der Waals surface area contributed by atoms with E-state index in [-0.39, 0.29) is 23.6 Å². The predicted octanol–water partition coefficient (Wildman–Crippen LogP) is 2.37. The van der Waals surface area contributed by atoms with Crippen molar-refractivity contribution in [2.75, 3.05) is 12.9 Å². The van der Waals surface area contributed by atoms with E-state index in [2.05, 4.69) is 4.74 Å². The molecule has 3 rings (SSSR count). The van der Waals surface area contributed by atoms with Crippen LogP contribution in [-0.4, -0.2) is 41.7 Å².